The number of hydrogen-bond donors (Lipinski definition) is 1. The average Bonchev–Trinajstić information content (AvgIpc) is 2.87. The summed E-state index contributed by atoms with van der Waals surface area (Å²) in [6, 6.07) is 2.02. The number of halogens is 1. The van der Waals surface area contributed by atoms with Gasteiger partial charge in [0.1, 0.15) is 0 Å². The Kier molecular flexibility index (Phi) is 4.10. The Hall–Kier alpha value is -0.840. The van der Waals surface area contributed by atoms with Crippen molar-refractivity contribution in [2.75, 3.05) is 0 Å². The second kappa shape index (κ2) is 5.43. The summed E-state index contributed by atoms with van der Waals surface area (Å²) in [5.41, 5.74) is 2.86. The van der Waals surface area contributed by atoms with Gasteiger partial charge >= 0.3 is 0 Å². The van der Waals surface area contributed by atoms with Crippen LogP contribution < -0.4 is 0 Å². The molecule has 1 atom stereocenters. The minimum Gasteiger partial charge on any atom is -0.387 e. The van der Waals surface area contributed by atoms with Crippen LogP contribution in [0.4, 0.5) is 0 Å². The summed E-state index contributed by atoms with van der Waals surface area (Å²) in [5, 5.41) is 17.3. The zero-order chi connectivity index (χ0) is 13.3. The van der Waals surface area contributed by atoms with Crippen molar-refractivity contribution in [1.29, 1.82) is 0 Å². The first-order chi connectivity index (χ1) is 8.54. The normalized spacial score (nSPS) is 12.9. The van der Waals surface area contributed by atoms with Crippen LogP contribution in [-0.4, -0.2) is 14.9 Å². The summed E-state index contributed by atoms with van der Waals surface area (Å²) in [5.74, 6) is 0. The van der Waals surface area contributed by atoms with Gasteiger partial charge in [0.2, 0.25) is 0 Å². The van der Waals surface area contributed by atoms with E-state index in [1.54, 1.807) is 11.3 Å². The minimum atomic E-state index is -0.510. The molecule has 0 aliphatic carbocycles. The highest BCUT2D eigenvalue weighted by Crippen LogP contribution is 2.30. The fraction of sp³-hybridized carbons (Fsp3) is 0.462. The molecule has 2 aromatic heterocycles. The molecule has 2 rings (SSSR count). The van der Waals surface area contributed by atoms with Gasteiger partial charge in [-0.25, -0.2) is 0 Å². The molecule has 0 aliphatic heterocycles. The highest BCUT2D eigenvalue weighted by atomic mass is 35.5. The number of aromatic nitrogens is 2. The predicted octanol–water partition coefficient (Wildman–Crippen LogP) is 3.51. The van der Waals surface area contributed by atoms with Crippen LogP contribution in [0.3, 0.4) is 0 Å². The number of nitrogens with zero attached hydrogens (tertiary/aromatic N) is 2. The molecule has 98 valence electrons. The zero-order valence-electron chi connectivity index (χ0n) is 10.8. The minimum absolute atomic E-state index is 0.509. The number of aliphatic hydroxyl groups excluding tert-OH is 1. The van der Waals surface area contributed by atoms with Crippen LogP contribution in [0.15, 0.2) is 11.4 Å². The molecule has 18 heavy (non-hydrogen) atoms. The molecule has 1 N–H and O–H groups in total. The lowest BCUT2D eigenvalue weighted by atomic mass is 10.1. The fourth-order valence-corrected chi connectivity index (χ4v) is 3.19. The Labute approximate surface area is 116 Å². The molecule has 5 heteroatoms. The molecule has 0 spiro atoms. The van der Waals surface area contributed by atoms with Crippen molar-refractivity contribution in [2.45, 2.75) is 39.8 Å². The van der Waals surface area contributed by atoms with Gasteiger partial charge in [0.15, 0.2) is 0 Å². The van der Waals surface area contributed by atoms with Crippen molar-refractivity contribution in [2.24, 2.45) is 0 Å². The van der Waals surface area contributed by atoms with Crippen molar-refractivity contribution in [3.63, 3.8) is 0 Å². The maximum atomic E-state index is 10.3. The number of rotatable bonds is 4. The van der Waals surface area contributed by atoms with Gasteiger partial charge in [-0.05, 0) is 37.8 Å². The molecule has 2 heterocycles. The second-order valence-corrected chi connectivity index (χ2v) is 5.68. The zero-order valence-corrected chi connectivity index (χ0v) is 12.3. The lowest BCUT2D eigenvalue weighted by Crippen LogP contribution is -2.08. The van der Waals surface area contributed by atoms with Crippen LogP contribution in [0.1, 0.15) is 34.9 Å². The molecule has 0 amide bonds. The maximum Gasteiger partial charge on any atom is 0.0940 e. The van der Waals surface area contributed by atoms with E-state index in [9.17, 15) is 5.11 Å². The van der Waals surface area contributed by atoms with E-state index in [1.807, 2.05) is 36.9 Å². The van der Waals surface area contributed by atoms with Crippen LogP contribution in [-0.2, 0) is 13.0 Å². The Morgan fingerprint density at radius 3 is 2.78 bits per heavy atom. The predicted molar refractivity (Wildman–Crippen MR) is 75.4 cm³/mol. The molecular weight excluding hydrogens is 268 g/mol. The van der Waals surface area contributed by atoms with Gasteiger partial charge in [-0.1, -0.05) is 11.6 Å². The summed E-state index contributed by atoms with van der Waals surface area (Å²) in [4.78, 5) is 1.01. The molecular formula is C13H17ClN2OS. The topological polar surface area (TPSA) is 38.0 Å². The van der Waals surface area contributed by atoms with Crippen molar-refractivity contribution in [3.8, 4) is 0 Å². The van der Waals surface area contributed by atoms with Crippen molar-refractivity contribution in [3.05, 3.63) is 38.3 Å². The summed E-state index contributed by atoms with van der Waals surface area (Å²) in [6.07, 6.45) is -0.00148. The largest absolute Gasteiger partial charge is 0.387 e. The Balaban J connectivity index is 2.27. The van der Waals surface area contributed by atoms with Gasteiger partial charge in [0.25, 0.3) is 0 Å². The van der Waals surface area contributed by atoms with Crippen LogP contribution in [0, 0.1) is 13.8 Å². The summed E-state index contributed by atoms with van der Waals surface area (Å²) >= 11 is 7.83. The third-order valence-electron chi connectivity index (χ3n) is 3.04. The van der Waals surface area contributed by atoms with Crippen LogP contribution in [0.2, 0.25) is 5.02 Å². The smallest absolute Gasteiger partial charge is 0.0940 e. The number of aliphatic hydroxyl groups is 1. The van der Waals surface area contributed by atoms with E-state index < -0.39 is 6.10 Å². The first-order valence-corrected chi connectivity index (χ1v) is 7.24. The van der Waals surface area contributed by atoms with E-state index in [4.69, 9.17) is 11.6 Å². The molecule has 0 aliphatic rings. The van der Waals surface area contributed by atoms with E-state index in [2.05, 4.69) is 5.10 Å². The standard InChI is InChI=1S/C13H17ClN2OS/c1-4-16-10(12(14)9(3)15-16)7-11(17)13-8(2)5-6-18-13/h5-6,11,17H,4,7H2,1-3H3. The second-order valence-electron chi connectivity index (χ2n) is 4.35. The maximum absolute atomic E-state index is 10.3. The number of aryl methyl sites for hydroxylation is 3. The molecule has 0 aromatic carbocycles. The van der Waals surface area contributed by atoms with E-state index in [1.165, 1.54) is 0 Å². The first kappa shape index (κ1) is 13.6. The molecule has 3 nitrogen and oxygen atoms in total. The molecule has 0 bridgehead atoms. The van der Waals surface area contributed by atoms with Crippen molar-refractivity contribution in [1.82, 2.24) is 9.78 Å². The van der Waals surface area contributed by atoms with Gasteiger partial charge < -0.3 is 5.11 Å². The Morgan fingerprint density at radius 2 is 2.22 bits per heavy atom. The van der Waals surface area contributed by atoms with Gasteiger partial charge in [-0.2, -0.15) is 5.10 Å². The summed E-state index contributed by atoms with van der Waals surface area (Å²) in [7, 11) is 0. The fourth-order valence-electron chi connectivity index (χ4n) is 2.07. The van der Waals surface area contributed by atoms with E-state index in [0.29, 0.717) is 11.4 Å². The van der Waals surface area contributed by atoms with Crippen molar-refractivity contribution >= 4 is 22.9 Å². The monoisotopic (exact) mass is 284 g/mol. The lowest BCUT2D eigenvalue weighted by Gasteiger charge is -2.11. The molecule has 0 fully saturated rings. The van der Waals surface area contributed by atoms with E-state index in [-0.39, 0.29) is 0 Å². The quantitative estimate of drug-likeness (QED) is 0.933. The van der Waals surface area contributed by atoms with E-state index in [0.717, 1.165) is 28.4 Å². The van der Waals surface area contributed by atoms with Gasteiger partial charge in [-0.15, -0.1) is 11.3 Å². The molecule has 0 radical (unpaired) electrons. The first-order valence-electron chi connectivity index (χ1n) is 5.98. The molecule has 2 aromatic rings. The third-order valence-corrected chi connectivity index (χ3v) is 4.66. The lowest BCUT2D eigenvalue weighted by molar-refractivity contribution is 0.178. The number of thiophene rings is 1. The number of hydrogen-bond acceptors (Lipinski definition) is 3. The van der Waals surface area contributed by atoms with Gasteiger partial charge in [0.05, 0.1) is 22.5 Å². The van der Waals surface area contributed by atoms with Crippen LogP contribution >= 0.6 is 22.9 Å². The molecule has 0 saturated carbocycles. The Bertz CT molecular complexity index is 547. The van der Waals surface area contributed by atoms with Crippen LogP contribution in [0.25, 0.3) is 0 Å². The average molecular weight is 285 g/mol. The summed E-state index contributed by atoms with van der Waals surface area (Å²) < 4.78 is 1.86. The Morgan fingerprint density at radius 1 is 1.50 bits per heavy atom. The molecule has 0 saturated heterocycles. The van der Waals surface area contributed by atoms with E-state index >= 15 is 0 Å². The van der Waals surface area contributed by atoms with Gasteiger partial charge in [0, 0.05) is 17.8 Å². The SMILES string of the molecule is CCn1nc(C)c(Cl)c1CC(O)c1sccc1C. The summed E-state index contributed by atoms with van der Waals surface area (Å²) in [6.45, 7) is 6.69. The molecule has 1 unspecified atom stereocenters. The highest BCUT2D eigenvalue weighted by Gasteiger charge is 2.19. The third kappa shape index (κ3) is 2.46. The van der Waals surface area contributed by atoms with Gasteiger partial charge in [-0.3, -0.25) is 4.68 Å². The van der Waals surface area contributed by atoms with Crippen LogP contribution in [0.5, 0.6) is 0 Å². The highest BCUT2D eigenvalue weighted by molar-refractivity contribution is 7.10. The van der Waals surface area contributed by atoms with Crippen molar-refractivity contribution < 1.29 is 5.11 Å².